The van der Waals surface area contributed by atoms with Gasteiger partial charge in [0.25, 0.3) is 0 Å². The van der Waals surface area contributed by atoms with Crippen LogP contribution in [0.1, 0.15) is 65.3 Å². The molecule has 2 saturated carbocycles. The fourth-order valence-corrected chi connectivity index (χ4v) is 4.11. The summed E-state index contributed by atoms with van der Waals surface area (Å²) in [5.41, 5.74) is 0. The number of rotatable bonds is 7. The van der Waals surface area contributed by atoms with Crippen LogP contribution >= 0.6 is 11.8 Å². The third-order valence-electron chi connectivity index (χ3n) is 5.09. The summed E-state index contributed by atoms with van der Waals surface area (Å²) in [7, 11) is 0. The van der Waals surface area contributed by atoms with Crippen LogP contribution in [0, 0.1) is 5.92 Å². The van der Waals surface area contributed by atoms with Gasteiger partial charge in [0.1, 0.15) is 0 Å². The molecule has 6 nitrogen and oxygen atoms in total. The topological polar surface area (TPSA) is 63.9 Å². The molecule has 1 aromatic heterocycles. The van der Waals surface area contributed by atoms with Crippen molar-refractivity contribution in [2.75, 3.05) is 5.75 Å². The third-order valence-corrected chi connectivity index (χ3v) is 6.01. The average molecular weight is 337 g/mol. The van der Waals surface area contributed by atoms with Crippen LogP contribution in [0.2, 0.25) is 0 Å². The lowest BCUT2D eigenvalue weighted by Gasteiger charge is -2.32. The highest BCUT2D eigenvalue weighted by atomic mass is 32.2. The molecule has 0 aromatic carbocycles. The van der Waals surface area contributed by atoms with Gasteiger partial charge in [0, 0.05) is 12.1 Å². The van der Waals surface area contributed by atoms with Crippen molar-refractivity contribution in [1.29, 1.82) is 0 Å². The van der Waals surface area contributed by atoms with E-state index < -0.39 is 0 Å². The van der Waals surface area contributed by atoms with Crippen molar-refractivity contribution in [3.8, 4) is 0 Å². The van der Waals surface area contributed by atoms with Crippen LogP contribution in [0.5, 0.6) is 0 Å². The minimum Gasteiger partial charge on any atom is -0.336 e. The van der Waals surface area contributed by atoms with Crippen molar-refractivity contribution < 1.29 is 4.79 Å². The van der Waals surface area contributed by atoms with E-state index in [-0.39, 0.29) is 5.91 Å². The molecular weight excluding hydrogens is 310 g/mol. The first-order chi connectivity index (χ1) is 11.1. The number of tetrazole rings is 1. The SMILES string of the molecule is CC(C)C(C)N(C(=O)CSc1nnnn1C1CCCC1)C1CC1. The van der Waals surface area contributed by atoms with Crippen LogP contribution in [0.4, 0.5) is 0 Å². The molecule has 2 fully saturated rings. The largest absolute Gasteiger partial charge is 0.336 e. The second-order valence-electron chi connectivity index (χ2n) is 7.15. The van der Waals surface area contributed by atoms with Crippen LogP contribution in [-0.2, 0) is 4.79 Å². The van der Waals surface area contributed by atoms with Gasteiger partial charge < -0.3 is 4.90 Å². The van der Waals surface area contributed by atoms with E-state index in [9.17, 15) is 4.79 Å². The summed E-state index contributed by atoms with van der Waals surface area (Å²) in [5, 5.41) is 12.9. The first kappa shape index (κ1) is 16.7. The van der Waals surface area contributed by atoms with Gasteiger partial charge in [-0.25, -0.2) is 4.68 Å². The van der Waals surface area contributed by atoms with Gasteiger partial charge >= 0.3 is 0 Å². The monoisotopic (exact) mass is 337 g/mol. The summed E-state index contributed by atoms with van der Waals surface area (Å²) in [4.78, 5) is 14.8. The number of carbonyl (C=O) groups is 1. The molecule has 0 N–H and O–H groups in total. The Labute approximate surface area is 142 Å². The van der Waals surface area contributed by atoms with Gasteiger partial charge in [-0.15, -0.1) is 5.10 Å². The summed E-state index contributed by atoms with van der Waals surface area (Å²) < 4.78 is 1.93. The smallest absolute Gasteiger partial charge is 0.233 e. The van der Waals surface area contributed by atoms with E-state index >= 15 is 0 Å². The maximum Gasteiger partial charge on any atom is 0.233 e. The Morgan fingerprint density at radius 2 is 1.96 bits per heavy atom. The molecule has 1 atom stereocenters. The summed E-state index contributed by atoms with van der Waals surface area (Å²) in [6, 6.07) is 1.16. The summed E-state index contributed by atoms with van der Waals surface area (Å²) in [6.45, 7) is 6.52. The Hall–Kier alpha value is -1.11. The van der Waals surface area contributed by atoms with Gasteiger partial charge in [-0.3, -0.25) is 4.79 Å². The zero-order valence-electron chi connectivity index (χ0n) is 14.3. The lowest BCUT2D eigenvalue weighted by atomic mass is 10.0. The third kappa shape index (κ3) is 3.87. The minimum absolute atomic E-state index is 0.222. The highest BCUT2D eigenvalue weighted by molar-refractivity contribution is 7.99. The molecule has 0 aliphatic heterocycles. The van der Waals surface area contributed by atoms with Crippen molar-refractivity contribution in [3.05, 3.63) is 0 Å². The van der Waals surface area contributed by atoms with Gasteiger partial charge in [-0.2, -0.15) is 0 Å². The van der Waals surface area contributed by atoms with E-state index in [0.29, 0.717) is 29.8 Å². The van der Waals surface area contributed by atoms with Crippen molar-refractivity contribution >= 4 is 17.7 Å². The van der Waals surface area contributed by atoms with Crippen molar-refractivity contribution in [3.63, 3.8) is 0 Å². The molecule has 1 heterocycles. The zero-order chi connectivity index (χ0) is 16.4. The van der Waals surface area contributed by atoms with Crippen LogP contribution in [-0.4, -0.2) is 48.9 Å². The molecule has 0 saturated heterocycles. The Morgan fingerprint density at radius 1 is 1.26 bits per heavy atom. The highest BCUT2D eigenvalue weighted by Crippen LogP contribution is 2.33. The molecule has 128 valence electrons. The maximum absolute atomic E-state index is 12.7. The van der Waals surface area contributed by atoms with E-state index in [1.807, 2.05) is 4.68 Å². The Kier molecular flexibility index (Phi) is 5.24. The summed E-state index contributed by atoms with van der Waals surface area (Å²) >= 11 is 1.49. The number of hydrogen-bond acceptors (Lipinski definition) is 5. The predicted octanol–water partition coefficient (Wildman–Crippen LogP) is 2.92. The zero-order valence-corrected chi connectivity index (χ0v) is 15.1. The Morgan fingerprint density at radius 3 is 2.57 bits per heavy atom. The average Bonchev–Trinajstić information content (AvgIpc) is 3.04. The van der Waals surface area contributed by atoms with E-state index in [4.69, 9.17) is 0 Å². The molecule has 1 aromatic rings. The summed E-state index contributed by atoms with van der Waals surface area (Å²) in [5.74, 6) is 1.13. The van der Waals surface area contributed by atoms with Gasteiger partial charge in [0.2, 0.25) is 11.1 Å². The van der Waals surface area contributed by atoms with E-state index in [0.717, 1.165) is 30.8 Å². The van der Waals surface area contributed by atoms with Crippen molar-refractivity contribution in [2.45, 2.75) is 82.6 Å². The van der Waals surface area contributed by atoms with E-state index in [1.54, 1.807) is 0 Å². The lowest BCUT2D eigenvalue weighted by molar-refractivity contribution is -0.131. The van der Waals surface area contributed by atoms with Crippen LogP contribution in [0.15, 0.2) is 5.16 Å². The number of amides is 1. The van der Waals surface area contributed by atoms with Gasteiger partial charge in [-0.05, 0) is 49.0 Å². The van der Waals surface area contributed by atoms with Gasteiger partial charge in [-0.1, -0.05) is 38.5 Å². The normalized spacial score (nSPS) is 20.2. The fraction of sp³-hybridized carbons (Fsp3) is 0.875. The van der Waals surface area contributed by atoms with E-state index in [1.165, 1.54) is 24.6 Å². The molecule has 2 aliphatic carbocycles. The second-order valence-corrected chi connectivity index (χ2v) is 8.09. The van der Waals surface area contributed by atoms with E-state index in [2.05, 4.69) is 41.2 Å². The maximum atomic E-state index is 12.7. The molecule has 0 spiro atoms. The molecule has 1 unspecified atom stereocenters. The number of nitrogens with zero attached hydrogens (tertiary/aromatic N) is 5. The lowest BCUT2D eigenvalue weighted by Crippen LogP contribution is -2.44. The van der Waals surface area contributed by atoms with Gasteiger partial charge in [0.05, 0.1) is 11.8 Å². The molecule has 7 heteroatoms. The predicted molar refractivity (Wildman–Crippen MR) is 90.2 cm³/mol. The Bertz CT molecular complexity index is 536. The molecule has 3 rings (SSSR count). The summed E-state index contributed by atoms with van der Waals surface area (Å²) in [6.07, 6.45) is 7.07. The second kappa shape index (κ2) is 7.20. The number of thioether (sulfide) groups is 1. The molecule has 1 amide bonds. The van der Waals surface area contributed by atoms with Crippen LogP contribution < -0.4 is 0 Å². The molecule has 0 bridgehead atoms. The van der Waals surface area contributed by atoms with Crippen LogP contribution in [0.25, 0.3) is 0 Å². The fourth-order valence-electron chi connectivity index (χ4n) is 3.30. The quantitative estimate of drug-likeness (QED) is 0.716. The first-order valence-electron chi connectivity index (χ1n) is 8.79. The molecule has 0 radical (unpaired) electrons. The number of carbonyl (C=O) groups excluding carboxylic acids is 1. The van der Waals surface area contributed by atoms with Crippen LogP contribution in [0.3, 0.4) is 0 Å². The van der Waals surface area contributed by atoms with Gasteiger partial charge in [0.15, 0.2) is 0 Å². The minimum atomic E-state index is 0.222. The number of aromatic nitrogens is 4. The standard InChI is InChI=1S/C16H27N5OS/c1-11(2)12(3)20(13-8-9-13)15(22)10-23-16-17-18-19-21(16)14-6-4-5-7-14/h11-14H,4-10H2,1-3H3. The number of hydrogen-bond donors (Lipinski definition) is 0. The molecular formula is C16H27N5OS. The first-order valence-corrected chi connectivity index (χ1v) is 9.78. The molecule has 23 heavy (non-hydrogen) atoms. The van der Waals surface area contributed by atoms with Crippen molar-refractivity contribution in [1.82, 2.24) is 25.1 Å². The highest BCUT2D eigenvalue weighted by Gasteiger charge is 2.36. The Balaban J connectivity index is 1.61. The molecule has 2 aliphatic rings. The van der Waals surface area contributed by atoms with Crippen molar-refractivity contribution in [2.24, 2.45) is 5.92 Å².